The van der Waals surface area contributed by atoms with Crippen LogP contribution in [0.5, 0.6) is 23.0 Å². The summed E-state index contributed by atoms with van der Waals surface area (Å²) in [5, 5.41) is 9.18. The molecule has 1 aromatic rings. The Hall–Kier alpha value is -1.62. The topological polar surface area (TPSA) is 57.2 Å². The highest BCUT2D eigenvalue weighted by Gasteiger charge is 2.13. The minimum atomic E-state index is -0.254. The van der Waals surface area contributed by atoms with Crippen molar-refractivity contribution in [1.82, 2.24) is 0 Å². The highest BCUT2D eigenvalue weighted by atomic mass is 16.5. The van der Waals surface area contributed by atoms with Gasteiger partial charge in [-0.05, 0) is 26.2 Å². The molecule has 0 spiro atoms. The number of unbranched alkanes of at least 4 members (excludes halogenated alkanes) is 1. The van der Waals surface area contributed by atoms with Crippen LogP contribution in [0.25, 0.3) is 0 Å². The van der Waals surface area contributed by atoms with Crippen molar-refractivity contribution >= 4 is 0 Å². The molecule has 1 atom stereocenters. The SMILES string of the molecule is COc1cc(OCCCCC(C)O)cc(OC)c1OC. The quantitative estimate of drug-likeness (QED) is 0.706. The summed E-state index contributed by atoms with van der Waals surface area (Å²) in [5.74, 6) is 2.38. The standard InChI is InChI=1S/C15H24O5/c1-11(16)7-5-6-8-20-12-9-13(17-2)15(19-4)14(10-12)18-3/h9-11,16H,5-8H2,1-4H3. The Balaban J connectivity index is 2.62. The fourth-order valence-electron chi connectivity index (χ4n) is 1.87. The van der Waals surface area contributed by atoms with Crippen molar-refractivity contribution in [2.75, 3.05) is 27.9 Å². The van der Waals surface area contributed by atoms with Gasteiger partial charge in [-0.25, -0.2) is 0 Å². The van der Waals surface area contributed by atoms with Crippen molar-refractivity contribution in [3.63, 3.8) is 0 Å². The van der Waals surface area contributed by atoms with Crippen molar-refractivity contribution < 1.29 is 24.1 Å². The second kappa shape index (κ2) is 8.53. The zero-order valence-corrected chi connectivity index (χ0v) is 12.6. The molecule has 0 saturated heterocycles. The lowest BCUT2D eigenvalue weighted by atomic mass is 10.2. The summed E-state index contributed by atoms with van der Waals surface area (Å²) in [4.78, 5) is 0. The zero-order chi connectivity index (χ0) is 15.0. The van der Waals surface area contributed by atoms with Gasteiger partial charge in [0, 0.05) is 12.1 Å². The summed E-state index contributed by atoms with van der Waals surface area (Å²) in [5.41, 5.74) is 0. The fraction of sp³-hybridized carbons (Fsp3) is 0.600. The van der Waals surface area contributed by atoms with E-state index in [2.05, 4.69) is 0 Å². The maximum Gasteiger partial charge on any atom is 0.203 e. The molecular formula is C15H24O5. The summed E-state index contributed by atoms with van der Waals surface area (Å²) in [7, 11) is 4.71. The third-order valence-electron chi connectivity index (χ3n) is 2.92. The van der Waals surface area contributed by atoms with Crippen molar-refractivity contribution in [3.8, 4) is 23.0 Å². The molecule has 0 heterocycles. The molecule has 5 heteroatoms. The van der Waals surface area contributed by atoms with Gasteiger partial charge in [-0.15, -0.1) is 0 Å². The molecule has 114 valence electrons. The van der Waals surface area contributed by atoms with Gasteiger partial charge in [-0.3, -0.25) is 0 Å². The first-order valence-corrected chi connectivity index (χ1v) is 6.73. The lowest BCUT2D eigenvalue weighted by Gasteiger charge is -2.14. The van der Waals surface area contributed by atoms with Crippen LogP contribution in [0.4, 0.5) is 0 Å². The number of rotatable bonds is 9. The first-order chi connectivity index (χ1) is 9.62. The van der Waals surface area contributed by atoms with Gasteiger partial charge < -0.3 is 24.1 Å². The van der Waals surface area contributed by atoms with Crippen LogP contribution in [-0.4, -0.2) is 39.1 Å². The Kier molecular flexibility index (Phi) is 7.01. The predicted octanol–water partition coefficient (Wildman–Crippen LogP) is 2.64. The molecule has 0 aliphatic carbocycles. The molecule has 0 saturated carbocycles. The third kappa shape index (κ3) is 4.81. The summed E-state index contributed by atoms with van der Waals surface area (Å²) < 4.78 is 21.4. The number of benzene rings is 1. The molecule has 0 bridgehead atoms. The van der Waals surface area contributed by atoms with Crippen molar-refractivity contribution in [2.45, 2.75) is 32.3 Å². The van der Waals surface area contributed by atoms with E-state index in [4.69, 9.17) is 18.9 Å². The second-order valence-corrected chi connectivity index (χ2v) is 4.55. The Bertz CT molecular complexity index is 378. The Labute approximate surface area is 120 Å². The van der Waals surface area contributed by atoms with Crippen LogP contribution >= 0.6 is 0 Å². The zero-order valence-electron chi connectivity index (χ0n) is 12.6. The van der Waals surface area contributed by atoms with Gasteiger partial charge in [-0.1, -0.05) is 0 Å². The first-order valence-electron chi connectivity index (χ1n) is 6.73. The first kappa shape index (κ1) is 16.4. The highest BCUT2D eigenvalue weighted by molar-refractivity contribution is 5.55. The highest BCUT2D eigenvalue weighted by Crippen LogP contribution is 2.40. The third-order valence-corrected chi connectivity index (χ3v) is 2.92. The minimum Gasteiger partial charge on any atom is -0.493 e. The average molecular weight is 284 g/mol. The summed E-state index contributed by atoms with van der Waals surface area (Å²) >= 11 is 0. The molecule has 0 aliphatic heterocycles. The van der Waals surface area contributed by atoms with E-state index < -0.39 is 0 Å². The largest absolute Gasteiger partial charge is 0.493 e. The van der Waals surface area contributed by atoms with E-state index in [1.54, 1.807) is 40.4 Å². The number of hydrogen-bond donors (Lipinski definition) is 1. The molecule has 0 aliphatic rings. The average Bonchev–Trinajstić information content (AvgIpc) is 2.45. The van der Waals surface area contributed by atoms with E-state index in [0.29, 0.717) is 29.6 Å². The molecule has 1 rings (SSSR count). The minimum absolute atomic E-state index is 0.254. The van der Waals surface area contributed by atoms with E-state index in [0.717, 1.165) is 19.3 Å². The van der Waals surface area contributed by atoms with Gasteiger partial charge in [-0.2, -0.15) is 0 Å². The normalized spacial score (nSPS) is 11.8. The Morgan fingerprint density at radius 3 is 2.05 bits per heavy atom. The summed E-state index contributed by atoms with van der Waals surface area (Å²) in [6, 6.07) is 3.55. The van der Waals surface area contributed by atoms with Crippen LogP contribution in [0.1, 0.15) is 26.2 Å². The van der Waals surface area contributed by atoms with Crippen LogP contribution in [-0.2, 0) is 0 Å². The molecule has 0 amide bonds. The van der Waals surface area contributed by atoms with Gasteiger partial charge in [0.15, 0.2) is 11.5 Å². The monoisotopic (exact) mass is 284 g/mol. The second-order valence-electron chi connectivity index (χ2n) is 4.55. The molecule has 0 radical (unpaired) electrons. The van der Waals surface area contributed by atoms with Gasteiger partial charge in [0.25, 0.3) is 0 Å². The predicted molar refractivity (Wildman–Crippen MR) is 77.1 cm³/mol. The van der Waals surface area contributed by atoms with Crippen LogP contribution in [0, 0.1) is 0 Å². The molecular weight excluding hydrogens is 260 g/mol. The van der Waals surface area contributed by atoms with Crippen LogP contribution < -0.4 is 18.9 Å². The van der Waals surface area contributed by atoms with E-state index in [-0.39, 0.29) is 6.10 Å². The van der Waals surface area contributed by atoms with Crippen molar-refractivity contribution in [2.24, 2.45) is 0 Å². The van der Waals surface area contributed by atoms with Crippen molar-refractivity contribution in [1.29, 1.82) is 0 Å². The molecule has 0 aromatic heterocycles. The van der Waals surface area contributed by atoms with Crippen LogP contribution in [0.2, 0.25) is 0 Å². The van der Waals surface area contributed by atoms with E-state index in [1.807, 2.05) is 0 Å². The molecule has 1 aromatic carbocycles. The van der Waals surface area contributed by atoms with E-state index in [9.17, 15) is 5.11 Å². The lowest BCUT2D eigenvalue weighted by Crippen LogP contribution is -2.03. The smallest absolute Gasteiger partial charge is 0.203 e. The fourth-order valence-corrected chi connectivity index (χ4v) is 1.87. The number of hydrogen-bond acceptors (Lipinski definition) is 5. The van der Waals surface area contributed by atoms with Gasteiger partial charge in [0.2, 0.25) is 5.75 Å². The maximum atomic E-state index is 9.18. The summed E-state index contributed by atoms with van der Waals surface area (Å²) in [6.07, 6.45) is 2.36. The maximum absolute atomic E-state index is 9.18. The van der Waals surface area contributed by atoms with Gasteiger partial charge >= 0.3 is 0 Å². The Morgan fingerprint density at radius 2 is 1.60 bits per heavy atom. The van der Waals surface area contributed by atoms with Gasteiger partial charge in [0.1, 0.15) is 5.75 Å². The Morgan fingerprint density at radius 1 is 1.00 bits per heavy atom. The number of aliphatic hydroxyl groups is 1. The van der Waals surface area contributed by atoms with Gasteiger partial charge in [0.05, 0.1) is 34.0 Å². The van der Waals surface area contributed by atoms with E-state index in [1.165, 1.54) is 0 Å². The molecule has 5 nitrogen and oxygen atoms in total. The number of ether oxygens (including phenoxy) is 4. The molecule has 0 fully saturated rings. The van der Waals surface area contributed by atoms with Crippen LogP contribution in [0.15, 0.2) is 12.1 Å². The molecule has 1 N–H and O–H groups in total. The molecule has 20 heavy (non-hydrogen) atoms. The number of methoxy groups -OCH3 is 3. The summed E-state index contributed by atoms with van der Waals surface area (Å²) in [6.45, 7) is 2.38. The van der Waals surface area contributed by atoms with Crippen LogP contribution in [0.3, 0.4) is 0 Å². The van der Waals surface area contributed by atoms with E-state index >= 15 is 0 Å². The molecule has 1 unspecified atom stereocenters. The van der Waals surface area contributed by atoms with Crippen molar-refractivity contribution in [3.05, 3.63) is 12.1 Å². The number of aliphatic hydroxyl groups excluding tert-OH is 1. The lowest BCUT2D eigenvalue weighted by molar-refractivity contribution is 0.177.